The van der Waals surface area contributed by atoms with Crippen LogP contribution in [0.3, 0.4) is 0 Å². The Hall–Kier alpha value is -0.820. The van der Waals surface area contributed by atoms with E-state index in [0.29, 0.717) is 6.04 Å². The molecule has 17 heavy (non-hydrogen) atoms. The summed E-state index contributed by atoms with van der Waals surface area (Å²) in [6.07, 6.45) is 6.77. The van der Waals surface area contributed by atoms with E-state index in [1.54, 1.807) is 0 Å². The molecule has 1 aliphatic rings. The smallest absolute Gasteiger partial charge is 0.0325 e. The number of hydrogen-bond donors (Lipinski definition) is 1. The van der Waals surface area contributed by atoms with Crippen LogP contribution in [0, 0.1) is 5.92 Å². The summed E-state index contributed by atoms with van der Waals surface area (Å²) in [6, 6.07) is 12.2. The molecule has 1 aromatic carbocycles. The van der Waals surface area contributed by atoms with Crippen LogP contribution in [0.15, 0.2) is 30.3 Å². The Balaban J connectivity index is 2.02. The lowest BCUT2D eigenvalue weighted by molar-refractivity contribution is 0.380. The molecule has 1 N–H and O–H groups in total. The van der Waals surface area contributed by atoms with E-state index in [4.69, 9.17) is 0 Å². The van der Waals surface area contributed by atoms with Crippen molar-refractivity contribution in [1.82, 2.24) is 5.32 Å². The number of nitrogens with one attached hydrogen (secondary N) is 1. The molecule has 1 atom stereocenters. The molecule has 0 saturated heterocycles. The van der Waals surface area contributed by atoms with Crippen molar-refractivity contribution in [2.45, 2.75) is 58.0 Å². The number of hydrogen-bond acceptors (Lipinski definition) is 1. The van der Waals surface area contributed by atoms with Gasteiger partial charge in [0.2, 0.25) is 0 Å². The molecule has 0 spiro atoms. The third-order valence-corrected chi connectivity index (χ3v) is 3.70. The maximum atomic E-state index is 3.86. The van der Waals surface area contributed by atoms with E-state index < -0.39 is 0 Å². The Labute approximate surface area is 106 Å². The molecule has 1 nitrogen and oxygen atoms in total. The van der Waals surface area contributed by atoms with Crippen LogP contribution in [-0.2, 0) is 0 Å². The summed E-state index contributed by atoms with van der Waals surface area (Å²) in [5.41, 5.74) is 1.45. The highest BCUT2D eigenvalue weighted by atomic mass is 15.0. The summed E-state index contributed by atoms with van der Waals surface area (Å²) in [5.74, 6) is 0.745. The molecule has 0 aliphatic heterocycles. The molecule has 94 valence electrons. The number of rotatable bonds is 5. The van der Waals surface area contributed by atoms with Crippen LogP contribution in [0.25, 0.3) is 0 Å². The van der Waals surface area contributed by atoms with Gasteiger partial charge in [-0.05, 0) is 30.7 Å². The van der Waals surface area contributed by atoms with Gasteiger partial charge in [0, 0.05) is 12.1 Å². The van der Waals surface area contributed by atoms with Crippen molar-refractivity contribution in [1.29, 1.82) is 0 Å². The minimum atomic E-state index is 0.541. The lowest BCUT2D eigenvalue weighted by atomic mass is 9.96. The average molecular weight is 231 g/mol. The average Bonchev–Trinajstić information content (AvgIpc) is 2.82. The van der Waals surface area contributed by atoms with Crippen molar-refractivity contribution in [2.75, 3.05) is 0 Å². The van der Waals surface area contributed by atoms with Gasteiger partial charge in [-0.25, -0.2) is 0 Å². The third kappa shape index (κ3) is 3.85. The van der Waals surface area contributed by atoms with E-state index in [2.05, 4.69) is 49.5 Å². The second kappa shape index (κ2) is 6.20. The van der Waals surface area contributed by atoms with Crippen molar-refractivity contribution >= 4 is 0 Å². The second-order valence-corrected chi connectivity index (χ2v) is 5.74. The van der Waals surface area contributed by atoms with E-state index in [1.165, 1.54) is 37.7 Å². The highest BCUT2D eigenvalue weighted by molar-refractivity contribution is 5.19. The topological polar surface area (TPSA) is 12.0 Å². The van der Waals surface area contributed by atoms with E-state index >= 15 is 0 Å². The van der Waals surface area contributed by atoms with Gasteiger partial charge in [0.15, 0.2) is 0 Å². The Morgan fingerprint density at radius 3 is 2.35 bits per heavy atom. The van der Waals surface area contributed by atoms with Crippen LogP contribution in [0.2, 0.25) is 0 Å². The van der Waals surface area contributed by atoms with Crippen LogP contribution in [-0.4, -0.2) is 6.04 Å². The summed E-state index contributed by atoms with van der Waals surface area (Å²) in [7, 11) is 0. The summed E-state index contributed by atoms with van der Waals surface area (Å²) in [5, 5.41) is 3.86. The Bertz CT molecular complexity index is 312. The molecule has 1 fully saturated rings. The molecule has 1 aromatic rings. The molecular formula is C16H25N. The molecule has 1 unspecified atom stereocenters. The third-order valence-electron chi connectivity index (χ3n) is 3.70. The molecule has 2 rings (SSSR count). The van der Waals surface area contributed by atoms with E-state index in [-0.39, 0.29) is 0 Å². The van der Waals surface area contributed by atoms with E-state index in [0.717, 1.165) is 12.0 Å². The summed E-state index contributed by atoms with van der Waals surface area (Å²) >= 11 is 0. The molecular weight excluding hydrogens is 206 g/mol. The number of benzene rings is 1. The Kier molecular flexibility index (Phi) is 4.61. The van der Waals surface area contributed by atoms with E-state index in [9.17, 15) is 0 Å². The van der Waals surface area contributed by atoms with Crippen molar-refractivity contribution in [3.05, 3.63) is 35.9 Å². The first-order valence-electron chi connectivity index (χ1n) is 7.06. The molecule has 0 heterocycles. The lowest BCUT2D eigenvalue weighted by Crippen LogP contribution is -2.31. The van der Waals surface area contributed by atoms with Gasteiger partial charge in [0.05, 0.1) is 0 Å². The fourth-order valence-electron chi connectivity index (χ4n) is 2.83. The predicted molar refractivity (Wildman–Crippen MR) is 74.0 cm³/mol. The Morgan fingerprint density at radius 1 is 1.12 bits per heavy atom. The van der Waals surface area contributed by atoms with Gasteiger partial charge >= 0.3 is 0 Å². The summed E-state index contributed by atoms with van der Waals surface area (Å²) < 4.78 is 0. The first-order chi connectivity index (χ1) is 8.25. The molecule has 1 saturated carbocycles. The first kappa shape index (κ1) is 12.6. The zero-order valence-electron chi connectivity index (χ0n) is 11.2. The predicted octanol–water partition coefficient (Wildman–Crippen LogP) is 4.31. The fraction of sp³-hybridized carbons (Fsp3) is 0.625. The largest absolute Gasteiger partial charge is 0.307 e. The normalized spacial score (nSPS) is 18.8. The molecule has 0 amide bonds. The molecule has 1 heteroatoms. The SMILES string of the molecule is CC(C)CC(NC1CCCC1)c1ccccc1. The van der Waals surface area contributed by atoms with Crippen LogP contribution < -0.4 is 5.32 Å². The van der Waals surface area contributed by atoms with Gasteiger partial charge in [-0.15, -0.1) is 0 Å². The van der Waals surface area contributed by atoms with Crippen LogP contribution in [0.1, 0.15) is 57.6 Å². The first-order valence-corrected chi connectivity index (χ1v) is 7.06. The highest BCUT2D eigenvalue weighted by Crippen LogP contribution is 2.26. The van der Waals surface area contributed by atoms with Crippen LogP contribution in [0.5, 0.6) is 0 Å². The zero-order valence-corrected chi connectivity index (χ0v) is 11.2. The lowest BCUT2D eigenvalue weighted by Gasteiger charge is -2.25. The fourth-order valence-corrected chi connectivity index (χ4v) is 2.83. The summed E-state index contributed by atoms with van der Waals surface area (Å²) in [4.78, 5) is 0. The summed E-state index contributed by atoms with van der Waals surface area (Å²) in [6.45, 7) is 4.62. The minimum absolute atomic E-state index is 0.541. The van der Waals surface area contributed by atoms with Crippen molar-refractivity contribution < 1.29 is 0 Å². The van der Waals surface area contributed by atoms with Crippen LogP contribution >= 0.6 is 0 Å². The molecule has 0 radical (unpaired) electrons. The molecule has 0 aromatic heterocycles. The molecule has 0 bridgehead atoms. The van der Waals surface area contributed by atoms with E-state index in [1.807, 2.05) is 0 Å². The van der Waals surface area contributed by atoms with Gasteiger partial charge in [0.1, 0.15) is 0 Å². The second-order valence-electron chi connectivity index (χ2n) is 5.74. The van der Waals surface area contributed by atoms with Crippen molar-refractivity contribution in [2.24, 2.45) is 5.92 Å². The quantitative estimate of drug-likeness (QED) is 0.796. The minimum Gasteiger partial charge on any atom is -0.307 e. The highest BCUT2D eigenvalue weighted by Gasteiger charge is 2.20. The molecule has 1 aliphatic carbocycles. The monoisotopic (exact) mass is 231 g/mol. The van der Waals surface area contributed by atoms with Crippen molar-refractivity contribution in [3.63, 3.8) is 0 Å². The van der Waals surface area contributed by atoms with Gasteiger partial charge in [-0.1, -0.05) is 57.0 Å². The zero-order chi connectivity index (χ0) is 12.1. The Morgan fingerprint density at radius 2 is 1.76 bits per heavy atom. The van der Waals surface area contributed by atoms with Gasteiger partial charge in [-0.3, -0.25) is 0 Å². The van der Waals surface area contributed by atoms with Crippen LogP contribution in [0.4, 0.5) is 0 Å². The standard InChI is InChI=1S/C16H25N/c1-13(2)12-16(14-8-4-3-5-9-14)17-15-10-6-7-11-15/h3-5,8-9,13,15-17H,6-7,10-12H2,1-2H3. The van der Waals surface area contributed by atoms with Crippen molar-refractivity contribution in [3.8, 4) is 0 Å². The van der Waals surface area contributed by atoms with Gasteiger partial charge < -0.3 is 5.32 Å². The maximum absolute atomic E-state index is 3.86. The van der Waals surface area contributed by atoms with Gasteiger partial charge in [-0.2, -0.15) is 0 Å². The maximum Gasteiger partial charge on any atom is 0.0325 e. The van der Waals surface area contributed by atoms with Gasteiger partial charge in [0.25, 0.3) is 0 Å².